The smallest absolute Gasteiger partial charge is 0.316 e. The van der Waals surface area contributed by atoms with Crippen molar-refractivity contribution in [1.29, 1.82) is 0 Å². The van der Waals surface area contributed by atoms with Crippen LogP contribution in [0.25, 0.3) is 0 Å². The van der Waals surface area contributed by atoms with E-state index < -0.39 is 11.8 Å². The second-order valence-electron chi connectivity index (χ2n) is 4.11. The van der Waals surface area contributed by atoms with Crippen LogP contribution in [0.1, 0.15) is 0 Å². The fraction of sp³-hybridized carbons (Fsp3) is 0.417. The van der Waals surface area contributed by atoms with Gasteiger partial charge in [-0.1, -0.05) is 0 Å². The highest BCUT2D eigenvalue weighted by atomic mass is 16.2. The van der Waals surface area contributed by atoms with Crippen LogP contribution < -0.4 is 10.2 Å². The van der Waals surface area contributed by atoms with Gasteiger partial charge in [-0.15, -0.1) is 0 Å². The summed E-state index contributed by atoms with van der Waals surface area (Å²) in [6.45, 7) is 2.62. The molecule has 1 aromatic rings. The number of nitrogens with zero attached hydrogens (tertiary/aromatic N) is 3. The predicted molar refractivity (Wildman–Crippen MR) is 67.1 cm³/mol. The summed E-state index contributed by atoms with van der Waals surface area (Å²) in [5.74, 6) is -0.959. The number of piperazine rings is 1. The van der Waals surface area contributed by atoms with Crippen molar-refractivity contribution in [2.75, 3.05) is 38.1 Å². The number of aromatic nitrogens is 1. The molecule has 2 amide bonds. The van der Waals surface area contributed by atoms with Gasteiger partial charge >= 0.3 is 11.8 Å². The summed E-state index contributed by atoms with van der Waals surface area (Å²) in [7, 11) is 1.60. The summed E-state index contributed by atoms with van der Waals surface area (Å²) in [6, 6.07) is 3.39. The van der Waals surface area contributed by atoms with Crippen molar-refractivity contribution in [2.45, 2.75) is 0 Å². The third-order valence-electron chi connectivity index (χ3n) is 2.94. The zero-order valence-corrected chi connectivity index (χ0v) is 10.3. The normalized spacial score (nSPS) is 15.3. The fourth-order valence-electron chi connectivity index (χ4n) is 1.83. The Balaban J connectivity index is 2.04. The average Bonchev–Trinajstić information content (AvgIpc) is 2.47. The van der Waals surface area contributed by atoms with Gasteiger partial charge in [-0.2, -0.15) is 0 Å². The van der Waals surface area contributed by atoms with Gasteiger partial charge in [-0.25, -0.2) is 0 Å². The molecule has 1 fully saturated rings. The van der Waals surface area contributed by atoms with Crippen LogP contribution in [0.5, 0.6) is 0 Å². The number of pyridine rings is 1. The summed E-state index contributed by atoms with van der Waals surface area (Å²) in [5.41, 5.74) is 0.665. The lowest BCUT2D eigenvalue weighted by atomic mass is 10.3. The van der Waals surface area contributed by atoms with Crippen LogP contribution in [0.2, 0.25) is 0 Å². The minimum absolute atomic E-state index is 0.448. The first-order valence-corrected chi connectivity index (χ1v) is 5.88. The van der Waals surface area contributed by atoms with E-state index in [-0.39, 0.29) is 0 Å². The number of anilines is 1. The monoisotopic (exact) mass is 248 g/mol. The maximum absolute atomic E-state index is 12.0. The minimum atomic E-state index is -0.511. The Morgan fingerprint density at radius 3 is 2.50 bits per heavy atom. The Hall–Kier alpha value is -1.95. The summed E-state index contributed by atoms with van der Waals surface area (Å²) < 4.78 is 0. The Morgan fingerprint density at radius 1 is 1.28 bits per heavy atom. The van der Waals surface area contributed by atoms with Crippen LogP contribution >= 0.6 is 0 Å². The number of nitrogens with one attached hydrogen (secondary N) is 1. The molecule has 0 aromatic carbocycles. The number of likely N-dealkylation sites (N-methyl/N-ethyl adjacent to an activating group) is 1. The van der Waals surface area contributed by atoms with Crippen LogP contribution in [0.15, 0.2) is 24.5 Å². The quantitative estimate of drug-likeness (QED) is 0.679. The van der Waals surface area contributed by atoms with Crippen molar-refractivity contribution in [2.24, 2.45) is 0 Å². The predicted octanol–water partition coefficient (Wildman–Crippen LogP) is -0.524. The minimum Gasteiger partial charge on any atom is -0.332 e. The molecule has 2 rings (SSSR count). The van der Waals surface area contributed by atoms with Gasteiger partial charge in [0.15, 0.2) is 0 Å². The summed E-state index contributed by atoms with van der Waals surface area (Å²) in [5, 5.41) is 3.14. The molecule has 0 spiro atoms. The Morgan fingerprint density at radius 2 is 1.89 bits per heavy atom. The highest BCUT2D eigenvalue weighted by molar-refractivity contribution is 6.40. The van der Waals surface area contributed by atoms with Crippen LogP contribution in [-0.2, 0) is 9.59 Å². The topological polar surface area (TPSA) is 65.5 Å². The third kappa shape index (κ3) is 2.65. The van der Waals surface area contributed by atoms with E-state index in [1.165, 1.54) is 4.90 Å². The molecule has 0 atom stereocenters. The van der Waals surface area contributed by atoms with E-state index in [4.69, 9.17) is 0 Å². The first-order chi connectivity index (χ1) is 8.70. The van der Waals surface area contributed by atoms with Gasteiger partial charge in [0.1, 0.15) is 0 Å². The van der Waals surface area contributed by atoms with Gasteiger partial charge in [0.05, 0.1) is 0 Å². The number of hydrogen-bond donors (Lipinski definition) is 1. The molecule has 0 bridgehead atoms. The molecule has 1 aliphatic heterocycles. The van der Waals surface area contributed by atoms with Gasteiger partial charge in [-0.3, -0.25) is 14.6 Å². The van der Waals surface area contributed by atoms with Crippen LogP contribution in [0, 0.1) is 0 Å². The third-order valence-corrected chi connectivity index (χ3v) is 2.94. The van der Waals surface area contributed by atoms with Crippen molar-refractivity contribution in [3.8, 4) is 0 Å². The molecule has 0 saturated carbocycles. The van der Waals surface area contributed by atoms with Crippen molar-refractivity contribution >= 4 is 17.5 Å². The van der Waals surface area contributed by atoms with Crippen LogP contribution in [0.4, 0.5) is 5.69 Å². The largest absolute Gasteiger partial charge is 0.332 e. The van der Waals surface area contributed by atoms with Crippen molar-refractivity contribution < 1.29 is 9.59 Å². The number of carbonyl (C=O) groups is 2. The Labute approximate surface area is 106 Å². The zero-order chi connectivity index (χ0) is 13.0. The maximum Gasteiger partial charge on any atom is 0.316 e. The number of amides is 2. The van der Waals surface area contributed by atoms with Gasteiger partial charge in [0.25, 0.3) is 0 Å². The van der Waals surface area contributed by atoms with Crippen molar-refractivity contribution in [3.05, 3.63) is 24.5 Å². The lowest BCUT2D eigenvalue weighted by molar-refractivity contribution is -0.144. The fourth-order valence-corrected chi connectivity index (χ4v) is 1.83. The number of carbonyl (C=O) groups excluding carboxylic acids is 2. The molecular formula is C12H16N4O2. The summed E-state index contributed by atoms with van der Waals surface area (Å²) in [6.07, 6.45) is 3.18. The van der Waals surface area contributed by atoms with Gasteiger partial charge in [0.2, 0.25) is 0 Å². The first-order valence-electron chi connectivity index (χ1n) is 5.88. The van der Waals surface area contributed by atoms with E-state index in [0.29, 0.717) is 18.8 Å². The molecule has 6 nitrogen and oxygen atoms in total. The molecule has 0 unspecified atom stereocenters. The SMILES string of the molecule is CN(C(=O)C(=O)N1CCNCC1)c1ccncc1. The van der Waals surface area contributed by atoms with E-state index in [2.05, 4.69) is 10.3 Å². The molecule has 0 aliphatic carbocycles. The number of rotatable bonds is 1. The molecular weight excluding hydrogens is 232 g/mol. The van der Waals surface area contributed by atoms with Crippen LogP contribution in [0.3, 0.4) is 0 Å². The van der Waals surface area contributed by atoms with E-state index in [1.807, 2.05) is 0 Å². The highest BCUT2D eigenvalue weighted by Crippen LogP contribution is 2.10. The van der Waals surface area contributed by atoms with Crippen LogP contribution in [-0.4, -0.2) is 54.9 Å². The standard InChI is InChI=1S/C12H16N4O2/c1-15(10-2-4-13-5-3-10)11(17)12(18)16-8-6-14-7-9-16/h2-5,14H,6-9H2,1H3. The van der Waals surface area contributed by atoms with Crippen molar-refractivity contribution in [3.63, 3.8) is 0 Å². The van der Waals surface area contributed by atoms with E-state index in [9.17, 15) is 9.59 Å². The molecule has 1 aliphatic rings. The molecule has 1 aromatic heterocycles. The van der Waals surface area contributed by atoms with Crippen molar-refractivity contribution in [1.82, 2.24) is 15.2 Å². The second kappa shape index (κ2) is 5.59. The lowest BCUT2D eigenvalue weighted by Crippen LogP contribution is -2.51. The molecule has 18 heavy (non-hydrogen) atoms. The zero-order valence-electron chi connectivity index (χ0n) is 10.3. The van der Waals surface area contributed by atoms with E-state index >= 15 is 0 Å². The molecule has 1 N–H and O–H groups in total. The summed E-state index contributed by atoms with van der Waals surface area (Å²) in [4.78, 5) is 30.9. The molecule has 6 heteroatoms. The number of hydrogen-bond acceptors (Lipinski definition) is 4. The molecule has 0 radical (unpaired) electrons. The van der Waals surface area contributed by atoms with Gasteiger partial charge in [-0.05, 0) is 12.1 Å². The van der Waals surface area contributed by atoms with E-state index in [0.717, 1.165) is 13.1 Å². The second-order valence-corrected chi connectivity index (χ2v) is 4.11. The Bertz CT molecular complexity index is 429. The Kier molecular flexibility index (Phi) is 3.88. The molecule has 2 heterocycles. The highest BCUT2D eigenvalue weighted by Gasteiger charge is 2.26. The molecule has 1 saturated heterocycles. The first kappa shape index (κ1) is 12.5. The average molecular weight is 248 g/mol. The van der Waals surface area contributed by atoms with Gasteiger partial charge < -0.3 is 15.1 Å². The lowest BCUT2D eigenvalue weighted by Gasteiger charge is -2.28. The van der Waals surface area contributed by atoms with E-state index in [1.54, 1.807) is 36.5 Å². The maximum atomic E-state index is 12.0. The van der Waals surface area contributed by atoms with Gasteiger partial charge in [0, 0.05) is 51.3 Å². The molecule has 96 valence electrons. The summed E-state index contributed by atoms with van der Waals surface area (Å²) >= 11 is 0.